The second kappa shape index (κ2) is 6.96. The second-order valence-electron chi connectivity index (χ2n) is 4.54. The van der Waals surface area contributed by atoms with Gasteiger partial charge in [-0.2, -0.15) is 13.2 Å². The molecule has 0 aliphatic rings. The van der Waals surface area contributed by atoms with E-state index in [1.54, 1.807) is 24.3 Å². The van der Waals surface area contributed by atoms with Crippen molar-refractivity contribution in [1.82, 2.24) is 0 Å². The molecule has 116 valence electrons. The van der Waals surface area contributed by atoms with E-state index in [2.05, 4.69) is 15.9 Å². The van der Waals surface area contributed by atoms with E-state index in [4.69, 9.17) is 4.74 Å². The predicted octanol–water partition coefficient (Wildman–Crippen LogP) is 4.86. The summed E-state index contributed by atoms with van der Waals surface area (Å²) in [5.74, 6) is -0.706. The summed E-state index contributed by atoms with van der Waals surface area (Å²) in [5, 5.41) is -0.0332. The van der Waals surface area contributed by atoms with Crippen molar-refractivity contribution < 1.29 is 22.7 Å². The first-order valence-electron chi connectivity index (χ1n) is 6.39. The molecule has 0 saturated heterocycles. The largest absolute Gasteiger partial charge is 0.488 e. The lowest BCUT2D eigenvalue weighted by Gasteiger charge is -2.15. The van der Waals surface area contributed by atoms with Gasteiger partial charge in [0, 0.05) is 5.56 Å². The van der Waals surface area contributed by atoms with E-state index in [0.717, 1.165) is 11.6 Å². The van der Waals surface area contributed by atoms with E-state index in [1.165, 1.54) is 12.1 Å². The van der Waals surface area contributed by atoms with E-state index < -0.39 is 17.5 Å². The molecule has 0 aliphatic heterocycles. The number of carbonyl (C=O) groups excluding carboxylic acids is 1. The van der Waals surface area contributed by atoms with Crippen molar-refractivity contribution in [3.63, 3.8) is 0 Å². The molecule has 2 nitrogen and oxygen atoms in total. The maximum Gasteiger partial charge on any atom is 0.419 e. The molecule has 0 radical (unpaired) electrons. The van der Waals surface area contributed by atoms with Gasteiger partial charge in [-0.15, -0.1) is 0 Å². The van der Waals surface area contributed by atoms with Crippen molar-refractivity contribution in [3.05, 3.63) is 65.2 Å². The summed E-state index contributed by atoms with van der Waals surface area (Å²) in [6.45, 7) is 0.0235. The Morgan fingerprint density at radius 2 is 1.77 bits per heavy atom. The molecule has 0 saturated carbocycles. The van der Waals surface area contributed by atoms with E-state index in [0.29, 0.717) is 0 Å². The average Bonchev–Trinajstić information content (AvgIpc) is 2.52. The Morgan fingerprint density at radius 3 is 2.36 bits per heavy atom. The lowest BCUT2D eigenvalue weighted by Crippen LogP contribution is -2.11. The number of benzene rings is 2. The Labute approximate surface area is 134 Å². The molecule has 0 N–H and O–H groups in total. The Hall–Kier alpha value is -1.82. The Kier molecular flexibility index (Phi) is 5.24. The fourth-order valence-electron chi connectivity index (χ4n) is 1.86. The number of alkyl halides is 4. The normalized spacial score (nSPS) is 11.3. The van der Waals surface area contributed by atoms with Crippen LogP contribution in [0.3, 0.4) is 0 Å². The van der Waals surface area contributed by atoms with Crippen LogP contribution in [0.2, 0.25) is 0 Å². The fourth-order valence-corrected chi connectivity index (χ4v) is 2.19. The number of hydrogen-bond acceptors (Lipinski definition) is 2. The zero-order chi connectivity index (χ0) is 16.2. The third-order valence-corrected chi connectivity index (χ3v) is 3.47. The van der Waals surface area contributed by atoms with Gasteiger partial charge in [0.25, 0.3) is 0 Å². The van der Waals surface area contributed by atoms with Gasteiger partial charge in [-0.1, -0.05) is 46.3 Å². The highest BCUT2D eigenvalue weighted by molar-refractivity contribution is 9.09. The molecular weight excluding hydrogens is 361 g/mol. The van der Waals surface area contributed by atoms with Crippen LogP contribution in [0, 0.1) is 0 Å². The number of carbonyl (C=O) groups is 1. The van der Waals surface area contributed by atoms with Crippen LogP contribution in [0.15, 0.2) is 48.5 Å². The van der Waals surface area contributed by atoms with E-state index in [9.17, 15) is 18.0 Å². The predicted molar refractivity (Wildman–Crippen MR) is 80.3 cm³/mol. The summed E-state index contributed by atoms with van der Waals surface area (Å²) in [5.41, 5.74) is -0.192. The van der Waals surface area contributed by atoms with Gasteiger partial charge >= 0.3 is 6.18 Å². The van der Waals surface area contributed by atoms with Gasteiger partial charge in [0.15, 0.2) is 5.78 Å². The number of rotatable bonds is 5. The van der Waals surface area contributed by atoms with Gasteiger partial charge in [0.05, 0.1) is 10.9 Å². The Bertz CT molecular complexity index is 654. The molecule has 0 heterocycles. The van der Waals surface area contributed by atoms with Gasteiger partial charge in [-0.3, -0.25) is 4.79 Å². The average molecular weight is 373 g/mol. The van der Waals surface area contributed by atoms with Crippen LogP contribution in [0.1, 0.15) is 21.5 Å². The smallest absolute Gasteiger partial charge is 0.419 e. The minimum atomic E-state index is -4.59. The number of halogens is 4. The number of ketones is 1. The Balaban J connectivity index is 2.28. The molecule has 22 heavy (non-hydrogen) atoms. The van der Waals surface area contributed by atoms with Crippen LogP contribution in [0.25, 0.3) is 0 Å². The molecule has 0 spiro atoms. The molecule has 0 atom stereocenters. The summed E-state index contributed by atoms with van der Waals surface area (Å²) in [6.07, 6.45) is -4.59. The Morgan fingerprint density at radius 1 is 1.09 bits per heavy atom. The monoisotopic (exact) mass is 372 g/mol. The van der Waals surface area contributed by atoms with Crippen LogP contribution >= 0.6 is 15.9 Å². The molecule has 0 aliphatic carbocycles. The third kappa shape index (κ3) is 4.10. The van der Waals surface area contributed by atoms with Crippen molar-refractivity contribution >= 4 is 21.7 Å². The number of hydrogen-bond donors (Lipinski definition) is 0. The number of ether oxygens (including phenoxy) is 1. The molecule has 0 aromatic heterocycles. The first kappa shape index (κ1) is 16.5. The van der Waals surface area contributed by atoms with Gasteiger partial charge < -0.3 is 4.74 Å². The number of Topliss-reactive ketones (excluding diaryl/α,β-unsaturated/α-hetero) is 1. The van der Waals surface area contributed by atoms with Gasteiger partial charge in [0.2, 0.25) is 0 Å². The lowest BCUT2D eigenvalue weighted by molar-refractivity contribution is -0.139. The molecule has 2 aromatic carbocycles. The molecule has 2 aromatic rings. The molecule has 0 unspecified atom stereocenters. The highest BCUT2D eigenvalue weighted by Crippen LogP contribution is 2.37. The summed E-state index contributed by atoms with van der Waals surface area (Å²) in [4.78, 5) is 11.5. The summed E-state index contributed by atoms with van der Waals surface area (Å²) in [7, 11) is 0. The van der Waals surface area contributed by atoms with Gasteiger partial charge in [-0.05, 0) is 23.8 Å². The van der Waals surface area contributed by atoms with E-state index in [1.807, 2.05) is 6.07 Å². The minimum Gasteiger partial charge on any atom is -0.488 e. The zero-order valence-electron chi connectivity index (χ0n) is 11.4. The van der Waals surface area contributed by atoms with Crippen LogP contribution in [-0.2, 0) is 12.8 Å². The second-order valence-corrected chi connectivity index (χ2v) is 5.10. The maximum absolute atomic E-state index is 13.1. The zero-order valence-corrected chi connectivity index (χ0v) is 12.9. The highest BCUT2D eigenvalue weighted by atomic mass is 79.9. The van der Waals surface area contributed by atoms with Crippen molar-refractivity contribution in [2.45, 2.75) is 12.8 Å². The van der Waals surface area contributed by atoms with E-state index >= 15 is 0 Å². The molecule has 0 fully saturated rings. The molecule has 6 heteroatoms. The highest BCUT2D eigenvalue weighted by Gasteiger charge is 2.35. The molecule has 2 rings (SSSR count). The summed E-state index contributed by atoms with van der Waals surface area (Å²) >= 11 is 2.94. The minimum absolute atomic E-state index is 0.00346. The summed E-state index contributed by atoms with van der Waals surface area (Å²) in [6, 6.07) is 12.2. The standard InChI is InChI=1S/C16H12BrF3O2/c17-9-14(21)12-6-7-15(13(8-12)16(18,19)20)22-10-11-4-2-1-3-5-11/h1-8H,9-10H2. The SMILES string of the molecule is O=C(CBr)c1ccc(OCc2ccccc2)c(C(F)(F)F)c1. The van der Waals surface area contributed by atoms with Crippen molar-refractivity contribution in [3.8, 4) is 5.75 Å². The maximum atomic E-state index is 13.1. The first-order chi connectivity index (χ1) is 10.4. The molecular formula is C16H12BrF3O2. The van der Waals surface area contributed by atoms with Crippen molar-refractivity contribution in [2.75, 3.05) is 5.33 Å². The fraction of sp³-hybridized carbons (Fsp3) is 0.188. The van der Waals surface area contributed by atoms with Crippen molar-refractivity contribution in [1.29, 1.82) is 0 Å². The molecule has 0 bridgehead atoms. The van der Waals surface area contributed by atoms with Crippen LogP contribution in [0.5, 0.6) is 5.75 Å². The van der Waals surface area contributed by atoms with E-state index in [-0.39, 0.29) is 23.2 Å². The quantitative estimate of drug-likeness (QED) is 0.553. The van der Waals surface area contributed by atoms with Crippen molar-refractivity contribution in [2.24, 2.45) is 0 Å². The van der Waals surface area contributed by atoms with Gasteiger partial charge in [-0.25, -0.2) is 0 Å². The molecule has 0 amide bonds. The topological polar surface area (TPSA) is 26.3 Å². The van der Waals surface area contributed by atoms with Crippen LogP contribution < -0.4 is 4.74 Å². The third-order valence-electron chi connectivity index (χ3n) is 2.97. The van der Waals surface area contributed by atoms with Crippen LogP contribution in [-0.4, -0.2) is 11.1 Å². The lowest BCUT2D eigenvalue weighted by atomic mass is 10.1. The van der Waals surface area contributed by atoms with Crippen LogP contribution in [0.4, 0.5) is 13.2 Å². The first-order valence-corrected chi connectivity index (χ1v) is 7.51. The van der Waals surface area contributed by atoms with Gasteiger partial charge in [0.1, 0.15) is 12.4 Å². The summed E-state index contributed by atoms with van der Waals surface area (Å²) < 4.78 is 44.6.